The lowest BCUT2D eigenvalue weighted by atomic mass is 9.94. The van der Waals surface area contributed by atoms with Crippen molar-refractivity contribution in [3.8, 4) is 0 Å². The summed E-state index contributed by atoms with van der Waals surface area (Å²) in [5, 5.41) is 0. The van der Waals surface area contributed by atoms with Gasteiger partial charge < -0.3 is 10.6 Å². The number of likely N-dealkylation sites (tertiary alicyclic amines) is 1. The van der Waals surface area contributed by atoms with Crippen molar-refractivity contribution in [3.05, 3.63) is 0 Å². The summed E-state index contributed by atoms with van der Waals surface area (Å²) < 4.78 is 0. The molecular weight excluding hydrogens is 222 g/mol. The van der Waals surface area contributed by atoms with E-state index in [1.54, 1.807) is 0 Å². The Morgan fingerprint density at radius 2 is 1.83 bits per heavy atom. The molecule has 2 aliphatic heterocycles. The summed E-state index contributed by atoms with van der Waals surface area (Å²) in [5.74, 6) is 0. The summed E-state index contributed by atoms with van der Waals surface area (Å²) in [6.07, 6.45) is 10.6. The minimum absolute atomic E-state index is 0.178. The average molecular weight is 251 g/mol. The molecule has 0 aromatic heterocycles. The number of rotatable bonds is 3. The summed E-state index contributed by atoms with van der Waals surface area (Å²) in [7, 11) is 2.33. The summed E-state index contributed by atoms with van der Waals surface area (Å²) in [6.45, 7) is 3.80. The maximum atomic E-state index is 6.48. The predicted molar refractivity (Wildman–Crippen MR) is 75.6 cm³/mol. The molecule has 2 unspecified atom stereocenters. The van der Waals surface area contributed by atoms with E-state index in [2.05, 4.69) is 16.8 Å². The van der Waals surface area contributed by atoms with Crippen molar-refractivity contribution in [1.82, 2.24) is 9.80 Å². The fourth-order valence-corrected chi connectivity index (χ4v) is 4.29. The molecule has 0 amide bonds. The molecule has 2 saturated heterocycles. The molecule has 3 aliphatic rings. The van der Waals surface area contributed by atoms with Gasteiger partial charge in [-0.25, -0.2) is 0 Å². The van der Waals surface area contributed by atoms with Gasteiger partial charge in [-0.2, -0.15) is 0 Å². The molecule has 3 nitrogen and oxygen atoms in total. The van der Waals surface area contributed by atoms with Crippen LogP contribution in [0.5, 0.6) is 0 Å². The Kier molecular flexibility index (Phi) is 3.65. The van der Waals surface area contributed by atoms with E-state index >= 15 is 0 Å². The van der Waals surface area contributed by atoms with E-state index in [-0.39, 0.29) is 5.54 Å². The van der Waals surface area contributed by atoms with E-state index < -0.39 is 0 Å². The first kappa shape index (κ1) is 12.9. The van der Waals surface area contributed by atoms with Crippen molar-refractivity contribution < 1.29 is 0 Å². The maximum absolute atomic E-state index is 6.48. The molecule has 3 heteroatoms. The lowest BCUT2D eigenvalue weighted by molar-refractivity contribution is 0.204. The SMILES string of the molecule is CN1C2CCC1CN(CCC1(N)CCCC1)CC2. The van der Waals surface area contributed by atoms with Crippen LogP contribution in [-0.2, 0) is 0 Å². The Labute approximate surface area is 112 Å². The van der Waals surface area contributed by atoms with Crippen molar-refractivity contribution in [1.29, 1.82) is 0 Å². The van der Waals surface area contributed by atoms with Gasteiger partial charge in [0.25, 0.3) is 0 Å². The zero-order valence-electron chi connectivity index (χ0n) is 11.9. The van der Waals surface area contributed by atoms with Gasteiger partial charge in [0.1, 0.15) is 0 Å². The first-order valence-corrected chi connectivity index (χ1v) is 7.89. The van der Waals surface area contributed by atoms with Gasteiger partial charge in [0, 0.05) is 24.2 Å². The molecule has 104 valence electrons. The quantitative estimate of drug-likeness (QED) is 0.830. The van der Waals surface area contributed by atoms with Crippen molar-refractivity contribution in [3.63, 3.8) is 0 Å². The lowest BCUT2D eigenvalue weighted by Crippen LogP contribution is -2.42. The predicted octanol–water partition coefficient (Wildman–Crippen LogP) is 1.82. The van der Waals surface area contributed by atoms with Gasteiger partial charge in [0.05, 0.1) is 0 Å². The zero-order valence-corrected chi connectivity index (χ0v) is 11.9. The average Bonchev–Trinajstić information content (AvgIpc) is 2.85. The van der Waals surface area contributed by atoms with Crippen LogP contribution in [0.2, 0.25) is 0 Å². The van der Waals surface area contributed by atoms with E-state index in [9.17, 15) is 0 Å². The van der Waals surface area contributed by atoms with Gasteiger partial charge in [-0.05, 0) is 58.7 Å². The Morgan fingerprint density at radius 3 is 2.61 bits per heavy atom. The summed E-state index contributed by atoms with van der Waals surface area (Å²) >= 11 is 0. The van der Waals surface area contributed by atoms with Crippen molar-refractivity contribution >= 4 is 0 Å². The minimum atomic E-state index is 0.178. The molecule has 1 aliphatic carbocycles. The number of fused-ring (bicyclic) bond motifs is 2. The summed E-state index contributed by atoms with van der Waals surface area (Å²) in [4.78, 5) is 5.32. The topological polar surface area (TPSA) is 32.5 Å². The van der Waals surface area contributed by atoms with E-state index in [0.29, 0.717) is 0 Å². The van der Waals surface area contributed by atoms with Gasteiger partial charge in [-0.15, -0.1) is 0 Å². The first-order valence-electron chi connectivity index (χ1n) is 7.89. The van der Waals surface area contributed by atoms with Crippen LogP contribution in [0.1, 0.15) is 51.4 Å². The van der Waals surface area contributed by atoms with Gasteiger partial charge in [0.15, 0.2) is 0 Å². The number of hydrogen-bond acceptors (Lipinski definition) is 3. The molecular formula is C15H29N3. The Hall–Kier alpha value is -0.120. The highest BCUT2D eigenvalue weighted by molar-refractivity contribution is 4.93. The highest BCUT2D eigenvalue weighted by atomic mass is 15.3. The smallest absolute Gasteiger partial charge is 0.0223 e. The van der Waals surface area contributed by atoms with Crippen LogP contribution in [0.4, 0.5) is 0 Å². The number of hydrogen-bond donors (Lipinski definition) is 1. The zero-order chi connectivity index (χ0) is 12.6. The first-order chi connectivity index (χ1) is 8.66. The Balaban J connectivity index is 1.51. The molecule has 18 heavy (non-hydrogen) atoms. The number of nitrogens with two attached hydrogens (primary N) is 1. The molecule has 3 rings (SSSR count). The highest BCUT2D eigenvalue weighted by Gasteiger charge is 2.35. The molecule has 2 heterocycles. The standard InChI is InChI=1S/C15H29N3/c1-17-13-4-5-14(17)12-18(10-6-13)11-9-15(16)7-2-3-8-15/h13-14H,2-12,16H2,1H3. The van der Waals surface area contributed by atoms with Gasteiger partial charge >= 0.3 is 0 Å². The minimum Gasteiger partial charge on any atom is -0.325 e. The number of likely N-dealkylation sites (N-methyl/N-ethyl adjacent to an activating group) is 1. The van der Waals surface area contributed by atoms with Gasteiger partial charge in [-0.3, -0.25) is 4.90 Å². The van der Waals surface area contributed by atoms with Crippen molar-refractivity contribution in [2.45, 2.75) is 69.0 Å². The third kappa shape index (κ3) is 2.59. The molecule has 2 N–H and O–H groups in total. The normalized spacial score (nSPS) is 37.0. The lowest BCUT2D eigenvalue weighted by Gasteiger charge is -2.30. The van der Waals surface area contributed by atoms with Gasteiger partial charge in [-0.1, -0.05) is 12.8 Å². The van der Waals surface area contributed by atoms with E-state index in [0.717, 1.165) is 12.1 Å². The monoisotopic (exact) mass is 251 g/mol. The van der Waals surface area contributed by atoms with Crippen molar-refractivity contribution in [2.75, 3.05) is 26.7 Å². The van der Waals surface area contributed by atoms with E-state index in [1.807, 2.05) is 0 Å². The van der Waals surface area contributed by atoms with E-state index in [4.69, 9.17) is 5.73 Å². The maximum Gasteiger partial charge on any atom is 0.0223 e. The third-order valence-corrected chi connectivity index (χ3v) is 5.76. The third-order valence-electron chi connectivity index (χ3n) is 5.76. The van der Waals surface area contributed by atoms with Crippen LogP contribution in [0.3, 0.4) is 0 Å². The van der Waals surface area contributed by atoms with Crippen LogP contribution < -0.4 is 5.73 Å². The fraction of sp³-hybridized carbons (Fsp3) is 1.00. The van der Waals surface area contributed by atoms with Crippen LogP contribution in [0.25, 0.3) is 0 Å². The summed E-state index contributed by atoms with van der Waals surface area (Å²) in [6, 6.07) is 1.67. The molecule has 0 radical (unpaired) electrons. The Bertz CT molecular complexity index is 285. The molecule has 0 aromatic carbocycles. The van der Waals surface area contributed by atoms with Crippen LogP contribution in [-0.4, -0.2) is 54.1 Å². The second-order valence-electron chi connectivity index (χ2n) is 6.96. The summed E-state index contributed by atoms with van der Waals surface area (Å²) in [5.41, 5.74) is 6.66. The second-order valence-corrected chi connectivity index (χ2v) is 6.96. The molecule has 3 fully saturated rings. The molecule has 1 saturated carbocycles. The number of nitrogens with zero attached hydrogens (tertiary/aromatic N) is 2. The second kappa shape index (κ2) is 5.10. The van der Waals surface area contributed by atoms with Crippen LogP contribution >= 0.6 is 0 Å². The highest BCUT2D eigenvalue weighted by Crippen LogP contribution is 2.32. The largest absolute Gasteiger partial charge is 0.325 e. The molecule has 2 atom stereocenters. The molecule has 0 aromatic rings. The van der Waals surface area contributed by atoms with E-state index in [1.165, 1.54) is 71.0 Å². The van der Waals surface area contributed by atoms with Crippen LogP contribution in [0.15, 0.2) is 0 Å². The van der Waals surface area contributed by atoms with Crippen LogP contribution in [0, 0.1) is 0 Å². The van der Waals surface area contributed by atoms with Crippen molar-refractivity contribution in [2.24, 2.45) is 5.73 Å². The van der Waals surface area contributed by atoms with Gasteiger partial charge in [0.2, 0.25) is 0 Å². The fourth-order valence-electron chi connectivity index (χ4n) is 4.29. The molecule has 0 spiro atoms. The molecule has 2 bridgehead atoms. The Morgan fingerprint density at radius 1 is 1.11 bits per heavy atom.